The van der Waals surface area contributed by atoms with Crippen LogP contribution in [-0.4, -0.2) is 33.8 Å². The molecule has 1 N–H and O–H groups in total. The Bertz CT molecular complexity index is 1520. The van der Waals surface area contributed by atoms with Crippen molar-refractivity contribution in [3.05, 3.63) is 82.6 Å². The maximum atomic E-state index is 13.7. The van der Waals surface area contributed by atoms with Crippen molar-refractivity contribution in [1.82, 2.24) is 9.55 Å². The van der Waals surface area contributed by atoms with Gasteiger partial charge in [-0.05, 0) is 55.8 Å². The summed E-state index contributed by atoms with van der Waals surface area (Å²) >= 11 is 0. The minimum Gasteiger partial charge on any atom is -0.496 e. The molecule has 1 aliphatic carbocycles. The number of hydrogen-bond acceptors (Lipinski definition) is 6. The highest BCUT2D eigenvalue weighted by Crippen LogP contribution is 2.36. The van der Waals surface area contributed by atoms with E-state index in [1.807, 2.05) is 36.4 Å². The molecule has 204 valence electrons. The number of methoxy groups -OCH3 is 1. The van der Waals surface area contributed by atoms with E-state index in [1.165, 1.54) is 31.1 Å². The lowest BCUT2D eigenvalue weighted by molar-refractivity contribution is -0.145. The molecule has 0 radical (unpaired) electrons. The lowest BCUT2D eigenvalue weighted by Gasteiger charge is -2.30. The van der Waals surface area contributed by atoms with Crippen molar-refractivity contribution >= 4 is 16.7 Å². The zero-order valence-corrected chi connectivity index (χ0v) is 22.6. The fraction of sp³-hybridized carbons (Fsp3) is 0.387. The van der Waals surface area contributed by atoms with Gasteiger partial charge in [0.2, 0.25) is 5.89 Å². The Morgan fingerprint density at radius 1 is 1.15 bits per heavy atom. The van der Waals surface area contributed by atoms with Gasteiger partial charge in [0.1, 0.15) is 17.6 Å². The molecule has 2 heterocycles. The number of fused-ring (bicyclic) bond motifs is 1. The average molecular weight is 531 g/mol. The molecule has 2 aromatic heterocycles. The maximum absolute atomic E-state index is 13.7. The van der Waals surface area contributed by atoms with E-state index in [4.69, 9.17) is 13.9 Å². The molecule has 0 amide bonds. The number of aliphatic carboxylic acids is 1. The number of rotatable bonds is 9. The van der Waals surface area contributed by atoms with Gasteiger partial charge in [0.15, 0.2) is 0 Å². The van der Waals surface area contributed by atoms with Crippen LogP contribution in [0.15, 0.2) is 70.3 Å². The number of carboxylic acid groups (broad SMARTS) is 1. The van der Waals surface area contributed by atoms with Crippen LogP contribution in [0.25, 0.3) is 22.2 Å². The van der Waals surface area contributed by atoms with Crippen molar-refractivity contribution in [3.8, 4) is 17.2 Å². The minimum atomic E-state index is -1.47. The van der Waals surface area contributed by atoms with Crippen molar-refractivity contribution in [1.29, 1.82) is 0 Å². The number of nitrogens with zero attached hydrogens (tertiary/aromatic N) is 2. The van der Waals surface area contributed by atoms with Crippen LogP contribution < -0.4 is 10.3 Å². The molecule has 0 spiro atoms. The van der Waals surface area contributed by atoms with Crippen LogP contribution in [0.5, 0.6) is 5.75 Å². The number of ether oxygens (including phenoxy) is 2. The van der Waals surface area contributed by atoms with Crippen LogP contribution in [0, 0.1) is 0 Å². The SMILES string of the molecule is COc1ccccc1[C@H](Cc1cn(C(C)(C)C(=O)O)c(=O)c2cc(-c3ncco3)ccc12)OC1CCCCC1. The van der Waals surface area contributed by atoms with Gasteiger partial charge >= 0.3 is 5.97 Å². The van der Waals surface area contributed by atoms with E-state index in [2.05, 4.69) is 4.98 Å². The molecular formula is C31H34N2O6. The normalized spacial score (nSPS) is 15.4. The van der Waals surface area contributed by atoms with Gasteiger partial charge < -0.3 is 19.0 Å². The molecule has 1 atom stereocenters. The smallest absolute Gasteiger partial charge is 0.329 e. The first-order chi connectivity index (χ1) is 18.8. The zero-order valence-electron chi connectivity index (χ0n) is 22.6. The third-order valence-corrected chi connectivity index (χ3v) is 7.70. The summed E-state index contributed by atoms with van der Waals surface area (Å²) < 4.78 is 19.2. The van der Waals surface area contributed by atoms with Crippen LogP contribution in [0.2, 0.25) is 0 Å². The number of oxazole rings is 1. The lowest BCUT2D eigenvalue weighted by Crippen LogP contribution is -2.42. The number of para-hydroxylation sites is 1. The fourth-order valence-electron chi connectivity index (χ4n) is 5.39. The number of benzene rings is 2. The zero-order chi connectivity index (χ0) is 27.6. The summed E-state index contributed by atoms with van der Waals surface area (Å²) in [4.78, 5) is 30.2. The molecule has 4 aromatic rings. The van der Waals surface area contributed by atoms with Crippen molar-refractivity contribution in [3.63, 3.8) is 0 Å². The molecule has 8 heteroatoms. The predicted octanol–water partition coefficient (Wildman–Crippen LogP) is 6.12. The summed E-state index contributed by atoms with van der Waals surface area (Å²) in [5, 5.41) is 11.1. The first kappa shape index (κ1) is 26.7. The van der Waals surface area contributed by atoms with Crippen molar-refractivity contribution in [2.45, 2.75) is 70.1 Å². The van der Waals surface area contributed by atoms with Crippen LogP contribution in [0.4, 0.5) is 0 Å². The Hall–Kier alpha value is -3.91. The van der Waals surface area contributed by atoms with Crippen molar-refractivity contribution < 1.29 is 23.8 Å². The molecule has 5 rings (SSSR count). The largest absolute Gasteiger partial charge is 0.496 e. The highest BCUT2D eigenvalue weighted by Gasteiger charge is 2.32. The molecule has 0 bridgehead atoms. The highest BCUT2D eigenvalue weighted by atomic mass is 16.5. The van der Waals surface area contributed by atoms with Gasteiger partial charge in [-0.1, -0.05) is 43.5 Å². The van der Waals surface area contributed by atoms with Gasteiger partial charge in [0.25, 0.3) is 5.56 Å². The van der Waals surface area contributed by atoms with Crippen LogP contribution in [0.1, 0.15) is 63.2 Å². The van der Waals surface area contributed by atoms with Crippen LogP contribution in [0.3, 0.4) is 0 Å². The Morgan fingerprint density at radius 3 is 2.62 bits per heavy atom. The standard InChI is InChI=1S/C31H34N2O6/c1-31(2,30(35)36)33-19-21(23-14-13-20(17-25(23)29(33)34)28-32-15-16-38-28)18-27(39-22-9-5-4-6-10-22)24-11-7-8-12-26(24)37-3/h7-8,11-17,19,22,27H,4-6,9-10,18H2,1-3H3,(H,35,36)/t27-/m0/s1. The molecule has 0 saturated heterocycles. The molecule has 2 aromatic carbocycles. The third kappa shape index (κ3) is 5.34. The van der Waals surface area contributed by atoms with Gasteiger partial charge in [0.05, 0.1) is 25.5 Å². The summed E-state index contributed by atoms with van der Waals surface area (Å²) in [5.41, 5.74) is 0.510. The molecule has 8 nitrogen and oxygen atoms in total. The highest BCUT2D eigenvalue weighted by molar-refractivity contribution is 5.89. The first-order valence-electron chi connectivity index (χ1n) is 13.4. The second kappa shape index (κ2) is 11.1. The third-order valence-electron chi connectivity index (χ3n) is 7.70. The van der Waals surface area contributed by atoms with Gasteiger partial charge in [-0.3, -0.25) is 9.36 Å². The Labute approximate surface area is 227 Å². The molecule has 0 aliphatic heterocycles. The van der Waals surface area contributed by atoms with Crippen molar-refractivity contribution in [2.24, 2.45) is 0 Å². The van der Waals surface area contributed by atoms with E-state index >= 15 is 0 Å². The summed E-state index contributed by atoms with van der Waals surface area (Å²) in [5.74, 6) is 0.0183. The van der Waals surface area contributed by atoms with Gasteiger partial charge in [0, 0.05) is 29.1 Å². The van der Waals surface area contributed by atoms with Crippen LogP contribution >= 0.6 is 0 Å². The van der Waals surface area contributed by atoms with E-state index in [-0.39, 0.29) is 12.2 Å². The first-order valence-corrected chi connectivity index (χ1v) is 13.4. The maximum Gasteiger partial charge on any atom is 0.329 e. The van der Waals surface area contributed by atoms with Crippen molar-refractivity contribution in [2.75, 3.05) is 7.11 Å². The average Bonchev–Trinajstić information content (AvgIpc) is 3.49. The Balaban J connectivity index is 1.67. The molecule has 1 saturated carbocycles. The van der Waals surface area contributed by atoms with E-state index < -0.39 is 17.1 Å². The fourth-order valence-corrected chi connectivity index (χ4v) is 5.39. The van der Waals surface area contributed by atoms with E-state index in [9.17, 15) is 14.7 Å². The van der Waals surface area contributed by atoms with Gasteiger partial charge in [-0.15, -0.1) is 0 Å². The number of hydrogen-bond donors (Lipinski definition) is 1. The monoisotopic (exact) mass is 530 g/mol. The lowest BCUT2D eigenvalue weighted by atomic mass is 9.94. The summed E-state index contributed by atoms with van der Waals surface area (Å²) in [6.07, 6.45) is 10.4. The second-order valence-corrected chi connectivity index (χ2v) is 10.6. The molecular weight excluding hydrogens is 496 g/mol. The van der Waals surface area contributed by atoms with Crippen LogP contribution in [-0.2, 0) is 21.5 Å². The quantitative estimate of drug-likeness (QED) is 0.278. The Morgan fingerprint density at radius 2 is 1.92 bits per heavy atom. The van der Waals surface area contributed by atoms with E-state index in [1.54, 1.807) is 25.6 Å². The topological polar surface area (TPSA) is 104 Å². The molecule has 0 unspecified atom stereocenters. The van der Waals surface area contributed by atoms with Gasteiger partial charge in [-0.25, -0.2) is 9.78 Å². The minimum absolute atomic E-state index is 0.123. The summed E-state index contributed by atoms with van der Waals surface area (Å²) in [7, 11) is 1.64. The molecule has 1 fully saturated rings. The molecule has 39 heavy (non-hydrogen) atoms. The molecule has 1 aliphatic rings. The number of carboxylic acids is 1. The summed E-state index contributed by atoms with van der Waals surface area (Å²) in [6, 6.07) is 13.3. The number of aromatic nitrogens is 2. The van der Waals surface area contributed by atoms with E-state index in [0.717, 1.165) is 47.9 Å². The van der Waals surface area contributed by atoms with E-state index in [0.29, 0.717) is 23.3 Å². The second-order valence-electron chi connectivity index (χ2n) is 10.6. The number of pyridine rings is 1. The van der Waals surface area contributed by atoms with Gasteiger partial charge in [-0.2, -0.15) is 0 Å². The predicted molar refractivity (Wildman–Crippen MR) is 148 cm³/mol. The number of carbonyl (C=O) groups is 1. The Kier molecular flexibility index (Phi) is 7.57. The summed E-state index contributed by atoms with van der Waals surface area (Å²) in [6.45, 7) is 3.06.